The van der Waals surface area contributed by atoms with Gasteiger partial charge in [-0.25, -0.2) is 4.98 Å². The third kappa shape index (κ3) is 3.89. The van der Waals surface area contributed by atoms with Crippen molar-refractivity contribution >= 4 is 48.8 Å². The summed E-state index contributed by atoms with van der Waals surface area (Å²) in [7, 11) is 0. The summed E-state index contributed by atoms with van der Waals surface area (Å²) in [5.74, 6) is 3.13. The monoisotopic (exact) mass is 385 g/mol. The number of rotatable bonds is 5. The minimum Gasteiger partial charge on any atom is -0.480 e. The maximum atomic E-state index is 5.50. The van der Waals surface area contributed by atoms with Gasteiger partial charge in [0.2, 0.25) is 5.13 Å². The van der Waals surface area contributed by atoms with Crippen molar-refractivity contribution in [3.05, 3.63) is 52.5 Å². The highest BCUT2D eigenvalue weighted by atomic mass is 79.9. The van der Waals surface area contributed by atoms with Crippen LogP contribution in [0.4, 0.5) is 5.13 Å². The van der Waals surface area contributed by atoms with Crippen LogP contribution in [0, 0.1) is 12.3 Å². The zero-order valence-corrected chi connectivity index (χ0v) is 14.4. The number of nitrogens with zero attached hydrogens (tertiary/aromatic N) is 2. The van der Waals surface area contributed by atoms with Crippen LogP contribution in [-0.4, -0.2) is 17.8 Å². The van der Waals surface area contributed by atoms with E-state index >= 15 is 0 Å². The summed E-state index contributed by atoms with van der Waals surface area (Å²) < 4.78 is 7.56. The first-order valence-corrected chi connectivity index (χ1v) is 8.37. The number of anilines is 1. The predicted molar refractivity (Wildman–Crippen MR) is 99.3 cm³/mol. The molecule has 114 valence electrons. The molecule has 0 atom stereocenters. The number of aromatic nitrogens is 1. The number of hydrogen-bond acceptors (Lipinski definition) is 5. The fraction of sp³-hybridized carbons (Fsp3) is 0.0588. The number of terminal acetylenes is 1. The minimum atomic E-state index is 0.216. The van der Waals surface area contributed by atoms with E-state index in [0.717, 1.165) is 25.4 Å². The topological polar surface area (TPSA) is 46.5 Å². The highest BCUT2D eigenvalue weighted by Gasteiger charge is 2.03. The van der Waals surface area contributed by atoms with Crippen LogP contribution in [0.3, 0.4) is 0 Å². The van der Waals surface area contributed by atoms with E-state index in [4.69, 9.17) is 11.2 Å². The number of thiazole rings is 1. The average Bonchev–Trinajstić information content (AvgIpc) is 2.97. The van der Waals surface area contributed by atoms with E-state index < -0.39 is 0 Å². The van der Waals surface area contributed by atoms with Crippen molar-refractivity contribution in [1.82, 2.24) is 4.98 Å². The molecule has 0 aliphatic heterocycles. The normalized spacial score (nSPS) is 10.8. The van der Waals surface area contributed by atoms with Crippen LogP contribution in [0.15, 0.2) is 52.0 Å². The van der Waals surface area contributed by atoms with Gasteiger partial charge in [0.15, 0.2) is 0 Å². The third-order valence-corrected chi connectivity index (χ3v) is 4.37. The fourth-order valence-electron chi connectivity index (χ4n) is 1.95. The number of hydrazone groups is 1. The summed E-state index contributed by atoms with van der Waals surface area (Å²) >= 11 is 4.99. The van der Waals surface area contributed by atoms with Gasteiger partial charge in [0, 0.05) is 10.0 Å². The molecule has 2 aromatic carbocycles. The number of hydrogen-bond donors (Lipinski definition) is 1. The van der Waals surface area contributed by atoms with E-state index in [1.165, 1.54) is 0 Å². The fourth-order valence-corrected chi connectivity index (χ4v) is 3.14. The first-order valence-electron chi connectivity index (χ1n) is 6.77. The zero-order chi connectivity index (χ0) is 16.1. The molecule has 0 radical (unpaired) electrons. The van der Waals surface area contributed by atoms with Crippen molar-refractivity contribution in [3.8, 4) is 18.1 Å². The number of benzene rings is 2. The van der Waals surface area contributed by atoms with E-state index in [2.05, 4.69) is 37.4 Å². The average molecular weight is 386 g/mol. The molecular formula is C17H12BrN3OS. The second-order valence-electron chi connectivity index (χ2n) is 4.53. The molecule has 0 aliphatic carbocycles. The zero-order valence-electron chi connectivity index (χ0n) is 12.0. The molecule has 0 unspecified atom stereocenters. The van der Waals surface area contributed by atoms with Gasteiger partial charge in [-0.15, -0.1) is 6.42 Å². The molecule has 3 aromatic rings. The summed E-state index contributed by atoms with van der Waals surface area (Å²) in [5, 5.41) is 4.98. The number of nitrogens with one attached hydrogen (secondary N) is 1. The Hall–Kier alpha value is -2.36. The van der Waals surface area contributed by atoms with Gasteiger partial charge in [0.1, 0.15) is 12.4 Å². The van der Waals surface area contributed by atoms with Crippen LogP contribution in [0.1, 0.15) is 5.56 Å². The molecule has 0 bridgehead atoms. The summed E-state index contributed by atoms with van der Waals surface area (Å²) in [6, 6.07) is 13.6. The quantitative estimate of drug-likeness (QED) is 0.399. The van der Waals surface area contributed by atoms with Gasteiger partial charge in [0.25, 0.3) is 0 Å². The number of ether oxygens (including phenoxy) is 1. The summed E-state index contributed by atoms with van der Waals surface area (Å²) in [4.78, 5) is 4.46. The second kappa shape index (κ2) is 7.27. The molecule has 0 spiro atoms. The van der Waals surface area contributed by atoms with Crippen molar-refractivity contribution in [2.75, 3.05) is 12.0 Å². The molecule has 23 heavy (non-hydrogen) atoms. The van der Waals surface area contributed by atoms with Crippen LogP contribution in [-0.2, 0) is 0 Å². The van der Waals surface area contributed by atoms with Crippen molar-refractivity contribution < 1.29 is 4.74 Å². The molecular weight excluding hydrogens is 374 g/mol. The highest BCUT2D eigenvalue weighted by Crippen LogP contribution is 2.25. The Labute approximate surface area is 146 Å². The van der Waals surface area contributed by atoms with E-state index in [1.54, 1.807) is 17.6 Å². The van der Waals surface area contributed by atoms with Gasteiger partial charge in [-0.1, -0.05) is 45.3 Å². The van der Waals surface area contributed by atoms with E-state index in [0.29, 0.717) is 5.75 Å². The molecule has 0 saturated heterocycles. The lowest BCUT2D eigenvalue weighted by molar-refractivity contribution is 0.370. The molecule has 0 aliphatic rings. The predicted octanol–water partition coefficient (Wildman–Crippen LogP) is 4.52. The van der Waals surface area contributed by atoms with Crippen molar-refractivity contribution in [1.29, 1.82) is 0 Å². The van der Waals surface area contributed by atoms with Crippen LogP contribution in [0.5, 0.6) is 5.75 Å². The molecule has 0 saturated carbocycles. The molecule has 1 aromatic heterocycles. The van der Waals surface area contributed by atoms with Gasteiger partial charge < -0.3 is 4.74 Å². The lowest BCUT2D eigenvalue weighted by Crippen LogP contribution is -1.98. The van der Waals surface area contributed by atoms with Gasteiger partial charge >= 0.3 is 0 Å². The highest BCUT2D eigenvalue weighted by molar-refractivity contribution is 9.10. The largest absolute Gasteiger partial charge is 0.480 e. The number of para-hydroxylation sites is 1. The van der Waals surface area contributed by atoms with Gasteiger partial charge in [0.05, 0.1) is 16.4 Å². The van der Waals surface area contributed by atoms with Crippen molar-refractivity contribution in [3.63, 3.8) is 0 Å². The molecule has 0 amide bonds. The van der Waals surface area contributed by atoms with Crippen LogP contribution in [0.25, 0.3) is 10.2 Å². The summed E-state index contributed by atoms with van der Waals surface area (Å²) in [6.07, 6.45) is 6.92. The first-order chi connectivity index (χ1) is 11.3. The Morgan fingerprint density at radius 1 is 1.35 bits per heavy atom. The Bertz CT molecular complexity index is 865. The van der Waals surface area contributed by atoms with Crippen LogP contribution in [0.2, 0.25) is 0 Å². The van der Waals surface area contributed by atoms with Crippen LogP contribution >= 0.6 is 27.3 Å². The lowest BCUT2D eigenvalue weighted by atomic mass is 10.2. The maximum Gasteiger partial charge on any atom is 0.204 e. The SMILES string of the molecule is C#CCOc1ccc(Br)cc1/C=N\Nc1nc2ccccc2s1. The maximum absolute atomic E-state index is 5.50. The number of halogens is 1. The molecule has 1 N–H and O–H groups in total. The lowest BCUT2D eigenvalue weighted by Gasteiger charge is -2.06. The van der Waals surface area contributed by atoms with Crippen LogP contribution < -0.4 is 10.2 Å². The Kier molecular flexibility index (Phi) is 4.91. The molecule has 3 rings (SSSR count). The molecule has 1 heterocycles. The van der Waals surface area contributed by atoms with E-state index in [-0.39, 0.29) is 6.61 Å². The van der Waals surface area contributed by atoms with Gasteiger partial charge in [-0.2, -0.15) is 5.10 Å². The summed E-state index contributed by atoms with van der Waals surface area (Å²) in [5.41, 5.74) is 4.73. The van der Waals surface area contributed by atoms with Crippen molar-refractivity contribution in [2.24, 2.45) is 5.10 Å². The Morgan fingerprint density at radius 2 is 2.22 bits per heavy atom. The van der Waals surface area contributed by atoms with Gasteiger partial charge in [-0.3, -0.25) is 5.43 Å². The summed E-state index contributed by atoms with van der Waals surface area (Å²) in [6.45, 7) is 0.216. The standard InChI is InChI=1S/C17H12BrN3OS/c1-2-9-22-15-8-7-13(18)10-12(15)11-19-21-17-20-14-5-3-4-6-16(14)23-17/h1,3-8,10-11H,9H2,(H,20,21)/b19-11-. The third-order valence-electron chi connectivity index (χ3n) is 2.94. The Balaban J connectivity index is 1.77. The van der Waals surface area contributed by atoms with E-state index in [9.17, 15) is 0 Å². The van der Waals surface area contributed by atoms with Crippen molar-refractivity contribution in [2.45, 2.75) is 0 Å². The van der Waals surface area contributed by atoms with Gasteiger partial charge in [-0.05, 0) is 30.3 Å². The minimum absolute atomic E-state index is 0.216. The second-order valence-corrected chi connectivity index (χ2v) is 6.48. The number of fused-ring (bicyclic) bond motifs is 1. The first kappa shape index (κ1) is 15.5. The molecule has 0 fully saturated rings. The smallest absolute Gasteiger partial charge is 0.204 e. The molecule has 6 heteroatoms. The Morgan fingerprint density at radius 3 is 3.04 bits per heavy atom. The molecule has 4 nitrogen and oxygen atoms in total. The van der Waals surface area contributed by atoms with E-state index in [1.807, 2.05) is 42.5 Å².